The van der Waals surface area contributed by atoms with E-state index in [-0.39, 0.29) is 35.8 Å². The SMILES string of the molecule is C=C(/C=C/C=C/N(C(C)=O)c1ccccc1)C(C)(Cc1ccc(C(=O)O)cc1)c1cc(S(=O)(=O)O)ccc1NCCCS(=O)(=O)O. The monoisotopic (exact) mass is 668 g/mol. The van der Waals surface area contributed by atoms with Crippen LogP contribution in [0, 0.1) is 0 Å². The highest BCUT2D eigenvalue weighted by atomic mass is 32.2. The minimum absolute atomic E-state index is 0.0470. The molecule has 4 N–H and O–H groups in total. The summed E-state index contributed by atoms with van der Waals surface area (Å²) in [5.41, 5.74) is 1.66. The smallest absolute Gasteiger partial charge is 0.335 e. The molecule has 3 aromatic rings. The topological polar surface area (TPSA) is 178 Å². The molecule has 0 heterocycles. The van der Waals surface area contributed by atoms with Crippen molar-refractivity contribution < 1.29 is 40.6 Å². The number of carbonyl (C=O) groups is 2. The average Bonchev–Trinajstić information content (AvgIpc) is 2.98. The van der Waals surface area contributed by atoms with Crippen LogP contribution in [0.5, 0.6) is 0 Å². The maximum Gasteiger partial charge on any atom is 0.335 e. The summed E-state index contributed by atoms with van der Waals surface area (Å²) in [4.78, 5) is 24.8. The van der Waals surface area contributed by atoms with E-state index >= 15 is 0 Å². The van der Waals surface area contributed by atoms with Crippen molar-refractivity contribution in [2.75, 3.05) is 22.5 Å². The highest BCUT2D eigenvalue weighted by Gasteiger charge is 2.33. The molecule has 0 aliphatic carbocycles. The van der Waals surface area contributed by atoms with Gasteiger partial charge >= 0.3 is 5.97 Å². The van der Waals surface area contributed by atoms with Gasteiger partial charge in [-0.25, -0.2) is 4.79 Å². The van der Waals surface area contributed by atoms with Gasteiger partial charge in [0.05, 0.1) is 16.2 Å². The third-order valence-corrected chi connectivity index (χ3v) is 8.92. The summed E-state index contributed by atoms with van der Waals surface area (Å²) < 4.78 is 65.8. The Morgan fingerprint density at radius 1 is 0.957 bits per heavy atom. The first-order chi connectivity index (χ1) is 21.5. The van der Waals surface area contributed by atoms with Gasteiger partial charge in [0.1, 0.15) is 0 Å². The fourth-order valence-electron chi connectivity index (χ4n) is 4.78. The van der Waals surface area contributed by atoms with Crippen LogP contribution in [0.3, 0.4) is 0 Å². The van der Waals surface area contributed by atoms with Gasteiger partial charge in [0, 0.05) is 36.5 Å². The Balaban J connectivity index is 2.08. The first kappa shape index (κ1) is 35.9. The van der Waals surface area contributed by atoms with Crippen LogP contribution in [0.1, 0.15) is 41.8 Å². The lowest BCUT2D eigenvalue weighted by Crippen LogP contribution is -2.29. The van der Waals surface area contributed by atoms with E-state index in [4.69, 9.17) is 4.55 Å². The van der Waals surface area contributed by atoms with Crippen molar-refractivity contribution in [2.24, 2.45) is 0 Å². The molecule has 1 atom stereocenters. The second-order valence-corrected chi connectivity index (χ2v) is 13.7. The van der Waals surface area contributed by atoms with Gasteiger partial charge in [-0.05, 0) is 78.1 Å². The Labute approximate surface area is 269 Å². The molecule has 13 heteroatoms. The van der Waals surface area contributed by atoms with Crippen LogP contribution in [0.15, 0.2) is 114 Å². The normalized spacial score (nSPS) is 13.4. The number of carboxylic acids is 1. The van der Waals surface area contributed by atoms with Crippen LogP contribution < -0.4 is 10.2 Å². The van der Waals surface area contributed by atoms with E-state index in [1.165, 1.54) is 42.2 Å². The number of carboxylic acid groups (broad SMARTS) is 1. The van der Waals surface area contributed by atoms with Crippen molar-refractivity contribution in [2.45, 2.75) is 37.0 Å². The lowest BCUT2D eigenvalue weighted by Gasteiger charge is -2.34. The molecule has 1 unspecified atom stereocenters. The number of allylic oxidation sites excluding steroid dienone is 4. The molecule has 11 nitrogen and oxygen atoms in total. The zero-order valence-electron chi connectivity index (χ0n) is 25.3. The lowest BCUT2D eigenvalue weighted by atomic mass is 9.71. The Morgan fingerprint density at radius 3 is 2.17 bits per heavy atom. The number of para-hydroxylation sites is 1. The quantitative estimate of drug-likeness (QED) is 0.0918. The Hall–Kier alpha value is -4.56. The molecule has 0 bridgehead atoms. The van der Waals surface area contributed by atoms with Crippen LogP contribution in [0.4, 0.5) is 11.4 Å². The molecule has 0 aliphatic rings. The fraction of sp³-hybridized carbons (Fsp3) is 0.212. The zero-order valence-corrected chi connectivity index (χ0v) is 27.0. The lowest BCUT2D eigenvalue weighted by molar-refractivity contribution is -0.116. The minimum Gasteiger partial charge on any atom is -0.478 e. The molecular weight excluding hydrogens is 633 g/mol. The number of hydrogen-bond donors (Lipinski definition) is 4. The van der Waals surface area contributed by atoms with Crippen LogP contribution >= 0.6 is 0 Å². The summed E-state index contributed by atoms with van der Waals surface area (Å²) in [5.74, 6) is -1.80. The largest absolute Gasteiger partial charge is 0.478 e. The first-order valence-electron chi connectivity index (χ1n) is 14.0. The number of nitrogens with one attached hydrogen (secondary N) is 1. The highest BCUT2D eigenvalue weighted by Crippen LogP contribution is 2.41. The number of hydrogen-bond acceptors (Lipinski definition) is 7. The molecule has 0 saturated carbocycles. The number of nitrogens with zero attached hydrogens (tertiary/aromatic N) is 1. The van der Waals surface area contributed by atoms with Crippen molar-refractivity contribution in [3.63, 3.8) is 0 Å². The van der Waals surface area contributed by atoms with E-state index in [2.05, 4.69) is 11.9 Å². The Morgan fingerprint density at radius 2 is 1.61 bits per heavy atom. The maximum atomic E-state index is 12.3. The predicted octanol–water partition coefficient (Wildman–Crippen LogP) is 5.50. The average molecular weight is 669 g/mol. The number of anilines is 2. The van der Waals surface area contributed by atoms with Gasteiger partial charge in [-0.1, -0.05) is 56.0 Å². The van der Waals surface area contributed by atoms with Crippen LogP contribution in [-0.2, 0) is 36.9 Å². The number of amides is 1. The van der Waals surface area contributed by atoms with Gasteiger partial charge in [0.2, 0.25) is 5.91 Å². The number of carbonyl (C=O) groups excluding carboxylic acids is 1. The van der Waals surface area contributed by atoms with Gasteiger partial charge < -0.3 is 10.4 Å². The van der Waals surface area contributed by atoms with Gasteiger partial charge in [0.25, 0.3) is 20.2 Å². The molecule has 0 aliphatic heterocycles. The molecule has 1 amide bonds. The summed E-state index contributed by atoms with van der Waals surface area (Å²) in [5, 5.41) is 12.4. The van der Waals surface area contributed by atoms with Crippen molar-refractivity contribution in [3.8, 4) is 0 Å². The van der Waals surface area contributed by atoms with E-state index < -0.39 is 37.4 Å². The molecule has 0 spiro atoms. The predicted molar refractivity (Wildman–Crippen MR) is 177 cm³/mol. The summed E-state index contributed by atoms with van der Waals surface area (Å²) in [6.07, 6.45) is 6.84. The molecule has 0 aromatic heterocycles. The van der Waals surface area contributed by atoms with Crippen molar-refractivity contribution in [1.82, 2.24) is 0 Å². The molecule has 3 aromatic carbocycles. The summed E-state index contributed by atoms with van der Waals surface area (Å²) >= 11 is 0. The summed E-state index contributed by atoms with van der Waals surface area (Å²) in [6, 6.07) is 19.1. The molecule has 0 radical (unpaired) electrons. The van der Waals surface area contributed by atoms with Crippen molar-refractivity contribution >= 4 is 43.5 Å². The summed E-state index contributed by atoms with van der Waals surface area (Å²) in [6.45, 7) is 7.60. The third-order valence-electron chi connectivity index (χ3n) is 7.26. The third kappa shape index (κ3) is 9.97. The number of rotatable bonds is 15. The van der Waals surface area contributed by atoms with Gasteiger partial charge in [-0.15, -0.1) is 0 Å². The second-order valence-electron chi connectivity index (χ2n) is 10.7. The van der Waals surface area contributed by atoms with E-state index in [0.717, 1.165) is 0 Å². The fourth-order valence-corrected chi connectivity index (χ4v) is 5.80. The molecule has 244 valence electrons. The maximum absolute atomic E-state index is 12.3. The Kier molecular flexibility index (Phi) is 11.8. The second kappa shape index (κ2) is 15.1. The van der Waals surface area contributed by atoms with Gasteiger partial charge in [0.15, 0.2) is 0 Å². The standard InChI is InChI=1S/C33H36N2O9S2/c1-24(10-7-8-20-35(25(2)36)28-11-5-4-6-12-28)33(3,23-26-13-15-27(16-14-26)32(37)38)30-22-29(46(42,43)44)17-18-31(30)34-19-9-21-45(39,40)41/h4-8,10-18,20,22,34H,1,9,19,21,23H2,2-3H3,(H,37,38)(H,39,40,41)(H,42,43,44)/b10-7+,20-8+. The van der Waals surface area contributed by atoms with Crippen LogP contribution in [0.2, 0.25) is 0 Å². The van der Waals surface area contributed by atoms with Gasteiger partial charge in [-0.2, -0.15) is 16.8 Å². The van der Waals surface area contributed by atoms with E-state index in [1.807, 2.05) is 6.07 Å². The van der Waals surface area contributed by atoms with E-state index in [1.54, 1.807) is 67.7 Å². The van der Waals surface area contributed by atoms with Gasteiger partial charge in [-0.3, -0.25) is 18.8 Å². The molecule has 0 saturated heterocycles. The molecule has 0 fully saturated rings. The van der Waals surface area contributed by atoms with E-state index in [9.17, 15) is 36.1 Å². The van der Waals surface area contributed by atoms with Crippen LogP contribution in [-0.4, -0.2) is 55.2 Å². The summed E-state index contributed by atoms with van der Waals surface area (Å²) in [7, 11) is -8.82. The first-order valence-corrected chi connectivity index (χ1v) is 17.1. The Bertz CT molecular complexity index is 1850. The molecule has 46 heavy (non-hydrogen) atoms. The zero-order chi connectivity index (χ0) is 34.1. The number of aromatic carboxylic acids is 1. The van der Waals surface area contributed by atoms with Crippen LogP contribution in [0.25, 0.3) is 0 Å². The van der Waals surface area contributed by atoms with Crippen molar-refractivity contribution in [3.05, 3.63) is 126 Å². The molecule has 3 rings (SSSR count). The minimum atomic E-state index is -4.63. The highest BCUT2D eigenvalue weighted by molar-refractivity contribution is 7.86. The molecular formula is C33H36N2O9S2. The van der Waals surface area contributed by atoms with Crippen molar-refractivity contribution in [1.29, 1.82) is 0 Å². The number of benzene rings is 3. The van der Waals surface area contributed by atoms with E-state index in [0.29, 0.717) is 28.1 Å².